The van der Waals surface area contributed by atoms with Crippen LogP contribution in [-0.4, -0.2) is 22.6 Å². The number of aromatic nitrogens is 2. The summed E-state index contributed by atoms with van der Waals surface area (Å²) in [6, 6.07) is 0.637. The highest BCUT2D eigenvalue weighted by Gasteiger charge is 2.09. The van der Waals surface area contributed by atoms with Crippen molar-refractivity contribution in [3.05, 3.63) is 18.2 Å². The minimum absolute atomic E-state index is 0.637. The van der Waals surface area contributed by atoms with E-state index in [0.29, 0.717) is 12.0 Å². The van der Waals surface area contributed by atoms with Crippen molar-refractivity contribution in [1.29, 1.82) is 0 Å². The molecule has 0 amide bonds. The van der Waals surface area contributed by atoms with Crippen molar-refractivity contribution in [2.24, 2.45) is 5.92 Å². The van der Waals surface area contributed by atoms with Crippen LogP contribution in [0.3, 0.4) is 0 Å². The molecule has 0 radical (unpaired) electrons. The lowest BCUT2D eigenvalue weighted by atomic mass is 10.0. The van der Waals surface area contributed by atoms with Gasteiger partial charge in [-0.05, 0) is 12.3 Å². The lowest BCUT2D eigenvalue weighted by Crippen LogP contribution is -2.34. The van der Waals surface area contributed by atoms with Crippen LogP contribution in [0, 0.1) is 5.92 Å². The van der Waals surface area contributed by atoms with Gasteiger partial charge < -0.3 is 10.3 Å². The van der Waals surface area contributed by atoms with Crippen LogP contribution in [0.4, 0.5) is 0 Å². The normalized spacial score (nSPS) is 13.4. The Bertz CT molecular complexity index is 229. The first-order chi connectivity index (χ1) is 6.74. The molecule has 0 saturated carbocycles. The maximum absolute atomic E-state index is 3.99. The molecule has 0 spiro atoms. The van der Waals surface area contributed by atoms with Gasteiger partial charge >= 0.3 is 0 Å². The fraction of sp³-hybridized carbons (Fsp3) is 0.727. The molecular weight excluding hydrogens is 174 g/mol. The van der Waals surface area contributed by atoms with Gasteiger partial charge in [-0.1, -0.05) is 20.8 Å². The molecule has 3 nitrogen and oxygen atoms in total. The lowest BCUT2D eigenvalue weighted by Gasteiger charge is -2.20. The molecule has 2 N–H and O–H groups in total. The van der Waals surface area contributed by atoms with Crippen LogP contribution < -0.4 is 5.32 Å². The second kappa shape index (κ2) is 5.81. The van der Waals surface area contributed by atoms with Gasteiger partial charge in [0, 0.05) is 30.9 Å². The molecule has 1 aromatic rings. The van der Waals surface area contributed by atoms with Crippen LogP contribution in [0.1, 0.15) is 32.9 Å². The molecule has 1 heterocycles. The van der Waals surface area contributed by atoms with Crippen molar-refractivity contribution in [2.75, 3.05) is 6.54 Å². The van der Waals surface area contributed by atoms with Gasteiger partial charge in [-0.3, -0.25) is 0 Å². The number of nitrogens with zero attached hydrogens (tertiary/aromatic N) is 1. The summed E-state index contributed by atoms with van der Waals surface area (Å²) in [5.74, 6) is 0.710. The first kappa shape index (κ1) is 11.2. The third kappa shape index (κ3) is 3.50. The maximum atomic E-state index is 3.99. The van der Waals surface area contributed by atoms with Gasteiger partial charge in [0.1, 0.15) is 0 Å². The molecule has 3 heteroatoms. The van der Waals surface area contributed by atoms with E-state index in [4.69, 9.17) is 0 Å². The molecule has 0 saturated heterocycles. The zero-order valence-electron chi connectivity index (χ0n) is 9.38. The molecule has 1 rings (SSSR count). The minimum Gasteiger partial charge on any atom is -0.348 e. The van der Waals surface area contributed by atoms with E-state index in [2.05, 4.69) is 36.1 Å². The molecule has 0 fully saturated rings. The molecular formula is C11H21N3. The Hall–Kier alpha value is -0.830. The summed E-state index contributed by atoms with van der Waals surface area (Å²) < 4.78 is 0. The summed E-state index contributed by atoms with van der Waals surface area (Å²) in [5, 5.41) is 3.56. The largest absolute Gasteiger partial charge is 0.348 e. The number of aromatic amines is 1. The van der Waals surface area contributed by atoms with Crippen molar-refractivity contribution in [3.63, 3.8) is 0 Å². The lowest BCUT2D eigenvalue weighted by molar-refractivity contribution is 0.391. The molecule has 1 atom stereocenters. The van der Waals surface area contributed by atoms with Crippen LogP contribution in [0.5, 0.6) is 0 Å². The third-order valence-corrected chi connectivity index (χ3v) is 2.60. The number of H-pyrrole nitrogens is 1. The van der Waals surface area contributed by atoms with Crippen LogP contribution in [-0.2, 0) is 6.42 Å². The predicted octanol–water partition coefficient (Wildman–Crippen LogP) is 1.98. The molecule has 0 aliphatic rings. The second-order valence-corrected chi connectivity index (χ2v) is 4.04. The van der Waals surface area contributed by atoms with E-state index in [0.717, 1.165) is 13.0 Å². The van der Waals surface area contributed by atoms with Crippen molar-refractivity contribution in [3.8, 4) is 0 Å². The van der Waals surface area contributed by atoms with Gasteiger partial charge in [-0.2, -0.15) is 0 Å². The zero-order valence-corrected chi connectivity index (χ0v) is 9.38. The first-order valence-corrected chi connectivity index (χ1v) is 5.44. The molecule has 1 aromatic heterocycles. The Morgan fingerprint density at radius 3 is 2.79 bits per heavy atom. The Morgan fingerprint density at radius 1 is 1.50 bits per heavy atom. The maximum Gasteiger partial charge on any atom is 0.0921 e. The molecule has 80 valence electrons. The highest BCUT2D eigenvalue weighted by Crippen LogP contribution is 2.05. The third-order valence-electron chi connectivity index (χ3n) is 2.60. The average Bonchev–Trinajstić information content (AvgIpc) is 2.64. The summed E-state index contributed by atoms with van der Waals surface area (Å²) in [7, 11) is 0. The standard InChI is InChI=1S/C11H21N3/c1-4-11(9(2)3)13-6-5-10-7-12-8-14-10/h7-9,11,13H,4-6H2,1-3H3,(H,12,14). The smallest absolute Gasteiger partial charge is 0.0921 e. The van der Waals surface area contributed by atoms with E-state index in [1.807, 2.05) is 6.20 Å². The van der Waals surface area contributed by atoms with Gasteiger partial charge in [0.05, 0.1) is 6.33 Å². The number of nitrogens with one attached hydrogen (secondary N) is 2. The van der Waals surface area contributed by atoms with Crippen LogP contribution >= 0.6 is 0 Å². The summed E-state index contributed by atoms with van der Waals surface area (Å²) in [4.78, 5) is 7.10. The quantitative estimate of drug-likeness (QED) is 0.728. The minimum atomic E-state index is 0.637. The first-order valence-electron chi connectivity index (χ1n) is 5.44. The zero-order chi connectivity index (χ0) is 10.4. The van der Waals surface area contributed by atoms with Gasteiger partial charge in [0.15, 0.2) is 0 Å². The molecule has 14 heavy (non-hydrogen) atoms. The van der Waals surface area contributed by atoms with Crippen molar-refractivity contribution in [1.82, 2.24) is 15.3 Å². The molecule has 0 aliphatic carbocycles. The fourth-order valence-electron chi connectivity index (χ4n) is 1.67. The Kier molecular flexibility index (Phi) is 4.66. The highest BCUT2D eigenvalue weighted by atomic mass is 14.9. The molecule has 0 aromatic carbocycles. The topological polar surface area (TPSA) is 40.7 Å². The van der Waals surface area contributed by atoms with E-state index in [1.54, 1.807) is 6.33 Å². The molecule has 1 unspecified atom stereocenters. The molecule has 0 bridgehead atoms. The second-order valence-electron chi connectivity index (χ2n) is 4.04. The van der Waals surface area contributed by atoms with Crippen LogP contribution in [0.25, 0.3) is 0 Å². The van der Waals surface area contributed by atoms with E-state index < -0.39 is 0 Å². The molecule has 0 aliphatic heterocycles. The monoisotopic (exact) mass is 195 g/mol. The highest BCUT2D eigenvalue weighted by molar-refractivity contribution is 4.94. The predicted molar refractivity (Wildman–Crippen MR) is 59.2 cm³/mol. The summed E-state index contributed by atoms with van der Waals surface area (Å²) in [5.41, 5.74) is 1.20. The number of hydrogen-bond acceptors (Lipinski definition) is 2. The fourth-order valence-corrected chi connectivity index (χ4v) is 1.67. The SMILES string of the molecule is CCC(NCCc1cnc[nH]1)C(C)C. The summed E-state index contributed by atoms with van der Waals surface area (Å²) in [6.07, 6.45) is 5.84. The number of imidazole rings is 1. The van der Waals surface area contributed by atoms with Crippen molar-refractivity contribution >= 4 is 0 Å². The van der Waals surface area contributed by atoms with E-state index in [-0.39, 0.29) is 0 Å². The van der Waals surface area contributed by atoms with Crippen LogP contribution in [0.2, 0.25) is 0 Å². The number of rotatable bonds is 6. The van der Waals surface area contributed by atoms with E-state index in [1.165, 1.54) is 12.1 Å². The Balaban J connectivity index is 2.20. The van der Waals surface area contributed by atoms with Crippen molar-refractivity contribution in [2.45, 2.75) is 39.7 Å². The van der Waals surface area contributed by atoms with E-state index in [9.17, 15) is 0 Å². The Morgan fingerprint density at radius 2 is 2.29 bits per heavy atom. The van der Waals surface area contributed by atoms with E-state index >= 15 is 0 Å². The Labute approximate surface area is 86.3 Å². The summed E-state index contributed by atoms with van der Waals surface area (Å²) in [6.45, 7) is 7.78. The van der Waals surface area contributed by atoms with Gasteiger partial charge in [-0.25, -0.2) is 4.98 Å². The van der Waals surface area contributed by atoms with Gasteiger partial charge in [0.25, 0.3) is 0 Å². The van der Waals surface area contributed by atoms with Crippen molar-refractivity contribution < 1.29 is 0 Å². The van der Waals surface area contributed by atoms with Gasteiger partial charge in [0.2, 0.25) is 0 Å². The number of hydrogen-bond donors (Lipinski definition) is 2. The average molecular weight is 195 g/mol. The summed E-state index contributed by atoms with van der Waals surface area (Å²) >= 11 is 0. The van der Waals surface area contributed by atoms with Crippen LogP contribution in [0.15, 0.2) is 12.5 Å². The van der Waals surface area contributed by atoms with Gasteiger partial charge in [-0.15, -0.1) is 0 Å².